The monoisotopic (exact) mass is 166 g/mol. The summed E-state index contributed by atoms with van der Waals surface area (Å²) in [5.74, 6) is -0.845. The molecule has 0 aliphatic carbocycles. The quantitative estimate of drug-likeness (QED) is 0.514. The summed E-state index contributed by atoms with van der Waals surface area (Å²) in [6.07, 6.45) is 9.44. The molecule has 0 saturated heterocycles. The Morgan fingerprint density at radius 2 is 2.00 bits per heavy atom. The van der Waals surface area contributed by atoms with Gasteiger partial charge in [0.25, 0.3) is 0 Å². The highest BCUT2D eigenvalue weighted by molar-refractivity contribution is 5.86. The molecule has 0 saturated carbocycles. The van der Waals surface area contributed by atoms with Crippen molar-refractivity contribution >= 4 is 5.97 Å². The summed E-state index contributed by atoms with van der Waals surface area (Å²) in [5.41, 5.74) is 0.427. The van der Waals surface area contributed by atoms with Crippen LogP contribution in [0.2, 0.25) is 0 Å². The highest BCUT2D eigenvalue weighted by Crippen LogP contribution is 2.00. The summed E-state index contributed by atoms with van der Waals surface area (Å²) in [6, 6.07) is 0. The summed E-state index contributed by atoms with van der Waals surface area (Å²) >= 11 is 0. The van der Waals surface area contributed by atoms with Crippen LogP contribution >= 0.6 is 0 Å². The van der Waals surface area contributed by atoms with Crippen molar-refractivity contribution in [2.45, 2.75) is 20.3 Å². The Kier molecular flexibility index (Phi) is 5.70. The molecule has 2 heteroatoms. The van der Waals surface area contributed by atoms with E-state index < -0.39 is 5.97 Å². The lowest BCUT2D eigenvalue weighted by molar-refractivity contribution is -0.132. The Morgan fingerprint density at radius 1 is 1.33 bits per heavy atom. The minimum atomic E-state index is -0.845. The number of carboxylic acids is 1. The molecule has 0 bridgehead atoms. The first-order valence-electron chi connectivity index (χ1n) is 3.94. The molecule has 0 atom stereocenters. The van der Waals surface area contributed by atoms with Gasteiger partial charge in [-0.15, -0.1) is 0 Å². The largest absolute Gasteiger partial charge is 0.478 e. The van der Waals surface area contributed by atoms with Crippen molar-refractivity contribution in [1.29, 1.82) is 0 Å². The lowest BCUT2D eigenvalue weighted by atomic mass is 10.2. The maximum absolute atomic E-state index is 10.5. The normalized spacial score (nSPS) is 13.0. The Balaban J connectivity index is 4.21. The average Bonchev–Trinajstić information content (AvgIpc) is 2.04. The summed E-state index contributed by atoms with van der Waals surface area (Å²) < 4.78 is 0. The summed E-state index contributed by atoms with van der Waals surface area (Å²) in [7, 11) is 0. The van der Waals surface area contributed by atoms with Gasteiger partial charge in [-0.1, -0.05) is 37.3 Å². The second-order valence-electron chi connectivity index (χ2n) is 2.26. The van der Waals surface area contributed by atoms with Gasteiger partial charge in [0.2, 0.25) is 0 Å². The highest BCUT2D eigenvalue weighted by Gasteiger charge is 2.00. The predicted octanol–water partition coefficient (Wildman–Crippen LogP) is 2.54. The predicted molar refractivity (Wildman–Crippen MR) is 50.0 cm³/mol. The van der Waals surface area contributed by atoms with Crippen LogP contribution in [0.5, 0.6) is 0 Å². The molecule has 0 fully saturated rings. The molecule has 12 heavy (non-hydrogen) atoms. The second kappa shape index (κ2) is 6.40. The Labute approximate surface area is 72.9 Å². The van der Waals surface area contributed by atoms with E-state index in [4.69, 9.17) is 5.11 Å². The van der Waals surface area contributed by atoms with E-state index in [1.807, 2.05) is 26.0 Å². The van der Waals surface area contributed by atoms with Gasteiger partial charge in [-0.2, -0.15) is 0 Å². The lowest BCUT2D eigenvalue weighted by Gasteiger charge is -1.92. The van der Waals surface area contributed by atoms with Crippen LogP contribution in [0.3, 0.4) is 0 Å². The number of rotatable bonds is 4. The molecule has 0 aromatic carbocycles. The molecule has 0 amide bonds. The van der Waals surface area contributed by atoms with E-state index in [2.05, 4.69) is 0 Å². The zero-order valence-corrected chi connectivity index (χ0v) is 7.45. The Hall–Kier alpha value is -1.31. The van der Waals surface area contributed by atoms with Crippen LogP contribution < -0.4 is 0 Å². The topological polar surface area (TPSA) is 37.3 Å². The van der Waals surface area contributed by atoms with E-state index in [1.165, 1.54) is 0 Å². The summed E-state index contributed by atoms with van der Waals surface area (Å²) in [4.78, 5) is 10.5. The zero-order chi connectivity index (χ0) is 9.40. The summed E-state index contributed by atoms with van der Waals surface area (Å²) in [5, 5.41) is 8.61. The van der Waals surface area contributed by atoms with Crippen molar-refractivity contribution in [1.82, 2.24) is 0 Å². The standard InChI is InChI=1S/C10H14O2/c1-3-5-6-7-8-9(4-2)10(11)12/h3,5-8H,4H2,1-2H3,(H,11,12). The fraction of sp³-hybridized carbons (Fsp3) is 0.300. The molecule has 1 N–H and O–H groups in total. The van der Waals surface area contributed by atoms with E-state index in [0.717, 1.165) is 0 Å². The maximum Gasteiger partial charge on any atom is 0.331 e. The third kappa shape index (κ3) is 4.50. The van der Waals surface area contributed by atoms with Gasteiger partial charge in [0, 0.05) is 5.57 Å². The number of aliphatic carboxylic acids is 1. The highest BCUT2D eigenvalue weighted by atomic mass is 16.4. The molecular weight excluding hydrogens is 152 g/mol. The van der Waals surface area contributed by atoms with Crippen molar-refractivity contribution in [3.05, 3.63) is 36.0 Å². The van der Waals surface area contributed by atoms with Crippen LogP contribution in [-0.4, -0.2) is 11.1 Å². The zero-order valence-electron chi connectivity index (χ0n) is 7.45. The molecule has 0 heterocycles. The number of allylic oxidation sites excluding steroid dienone is 5. The van der Waals surface area contributed by atoms with Crippen LogP contribution in [-0.2, 0) is 4.79 Å². The van der Waals surface area contributed by atoms with Gasteiger partial charge in [0.15, 0.2) is 0 Å². The smallest absolute Gasteiger partial charge is 0.331 e. The second-order valence-corrected chi connectivity index (χ2v) is 2.26. The molecule has 0 aromatic rings. The molecule has 0 aliphatic heterocycles. The number of carboxylic acid groups (broad SMARTS) is 1. The molecule has 0 aromatic heterocycles. The van der Waals surface area contributed by atoms with E-state index in [-0.39, 0.29) is 0 Å². The van der Waals surface area contributed by atoms with Gasteiger partial charge in [0.1, 0.15) is 0 Å². The molecule has 2 nitrogen and oxygen atoms in total. The Bertz CT molecular complexity index is 222. The van der Waals surface area contributed by atoms with Gasteiger partial charge in [-0.3, -0.25) is 0 Å². The number of hydrogen-bond acceptors (Lipinski definition) is 1. The van der Waals surface area contributed by atoms with Crippen molar-refractivity contribution in [2.75, 3.05) is 0 Å². The SMILES string of the molecule is CC=CC=CC=C(CC)C(=O)O. The van der Waals surface area contributed by atoms with Crippen LogP contribution in [0.25, 0.3) is 0 Å². The first-order chi connectivity index (χ1) is 5.72. The van der Waals surface area contributed by atoms with E-state index in [1.54, 1.807) is 18.2 Å². The van der Waals surface area contributed by atoms with E-state index >= 15 is 0 Å². The van der Waals surface area contributed by atoms with Crippen molar-refractivity contribution in [2.24, 2.45) is 0 Å². The van der Waals surface area contributed by atoms with Crippen molar-refractivity contribution < 1.29 is 9.90 Å². The number of hydrogen-bond donors (Lipinski definition) is 1. The molecule has 0 radical (unpaired) electrons. The molecule has 0 unspecified atom stereocenters. The molecule has 0 aliphatic rings. The summed E-state index contributed by atoms with van der Waals surface area (Å²) in [6.45, 7) is 3.73. The minimum Gasteiger partial charge on any atom is -0.478 e. The van der Waals surface area contributed by atoms with Gasteiger partial charge in [-0.25, -0.2) is 4.79 Å². The van der Waals surface area contributed by atoms with E-state index in [9.17, 15) is 4.79 Å². The lowest BCUT2D eigenvalue weighted by Crippen LogP contribution is -1.97. The van der Waals surface area contributed by atoms with Gasteiger partial charge in [-0.05, 0) is 13.3 Å². The van der Waals surface area contributed by atoms with Gasteiger partial charge >= 0.3 is 5.97 Å². The van der Waals surface area contributed by atoms with Crippen molar-refractivity contribution in [3.8, 4) is 0 Å². The fourth-order valence-corrected chi connectivity index (χ4v) is 0.687. The molecule has 66 valence electrons. The van der Waals surface area contributed by atoms with Crippen LogP contribution in [0.4, 0.5) is 0 Å². The first kappa shape index (κ1) is 10.7. The van der Waals surface area contributed by atoms with E-state index in [0.29, 0.717) is 12.0 Å². The maximum atomic E-state index is 10.5. The third-order valence-electron chi connectivity index (χ3n) is 1.37. The third-order valence-corrected chi connectivity index (χ3v) is 1.37. The Morgan fingerprint density at radius 3 is 2.42 bits per heavy atom. The fourth-order valence-electron chi connectivity index (χ4n) is 0.687. The molecular formula is C10H14O2. The van der Waals surface area contributed by atoms with Crippen LogP contribution in [0.1, 0.15) is 20.3 Å². The van der Waals surface area contributed by atoms with Crippen LogP contribution in [0.15, 0.2) is 36.0 Å². The molecule has 0 rings (SSSR count). The number of carbonyl (C=O) groups is 1. The van der Waals surface area contributed by atoms with Gasteiger partial charge in [0.05, 0.1) is 0 Å². The minimum absolute atomic E-state index is 0.427. The average molecular weight is 166 g/mol. The molecule has 0 spiro atoms. The van der Waals surface area contributed by atoms with Gasteiger partial charge < -0.3 is 5.11 Å². The van der Waals surface area contributed by atoms with Crippen LogP contribution in [0, 0.1) is 0 Å². The first-order valence-corrected chi connectivity index (χ1v) is 3.94. The van der Waals surface area contributed by atoms with Crippen molar-refractivity contribution in [3.63, 3.8) is 0 Å².